The summed E-state index contributed by atoms with van der Waals surface area (Å²) in [6, 6.07) is 2.36. The number of fused-ring (bicyclic) bond motifs is 2. The van der Waals surface area contributed by atoms with Crippen LogP contribution < -0.4 is 5.32 Å². The molecule has 2 fully saturated rings. The van der Waals surface area contributed by atoms with Crippen LogP contribution in [0.4, 0.5) is 0 Å². The van der Waals surface area contributed by atoms with E-state index < -0.39 is 0 Å². The quantitative estimate of drug-likeness (QED) is 0.788. The lowest BCUT2D eigenvalue weighted by molar-refractivity contribution is -0.0116. The van der Waals surface area contributed by atoms with E-state index in [1.54, 1.807) is 0 Å². The van der Waals surface area contributed by atoms with Crippen molar-refractivity contribution in [1.29, 1.82) is 0 Å². The Kier molecular flexibility index (Phi) is 5.46. The van der Waals surface area contributed by atoms with Crippen LogP contribution in [0.25, 0.3) is 0 Å². The molecule has 0 aliphatic carbocycles. The number of nitrogens with zero attached hydrogens (tertiary/aromatic N) is 1. The first-order chi connectivity index (χ1) is 8.70. The molecule has 1 N–H and O–H groups in total. The van der Waals surface area contributed by atoms with E-state index in [9.17, 15) is 0 Å². The highest BCUT2D eigenvalue weighted by molar-refractivity contribution is 4.94. The zero-order chi connectivity index (χ0) is 13.0. The van der Waals surface area contributed by atoms with Crippen LogP contribution in [0.3, 0.4) is 0 Å². The Labute approximate surface area is 112 Å². The minimum absolute atomic E-state index is 0.365. The maximum absolute atomic E-state index is 5.73. The van der Waals surface area contributed by atoms with Crippen LogP contribution in [0, 0.1) is 0 Å². The Morgan fingerprint density at radius 2 is 1.89 bits per heavy atom. The zero-order valence-corrected chi connectivity index (χ0v) is 12.3. The Morgan fingerprint density at radius 3 is 2.44 bits per heavy atom. The van der Waals surface area contributed by atoms with E-state index in [-0.39, 0.29) is 0 Å². The molecule has 18 heavy (non-hydrogen) atoms. The van der Waals surface area contributed by atoms with Crippen molar-refractivity contribution in [2.75, 3.05) is 19.7 Å². The normalized spacial score (nSPS) is 33.0. The van der Waals surface area contributed by atoms with Crippen LogP contribution in [0.15, 0.2) is 0 Å². The molecule has 2 rings (SSSR count). The molecule has 0 aromatic heterocycles. The predicted octanol–water partition coefficient (Wildman–Crippen LogP) is 2.41. The lowest BCUT2D eigenvalue weighted by atomic mass is 9.82. The SMILES string of the molecule is CCNC1CC2CCCC(C1)N2CCOC(C)C. The fourth-order valence-corrected chi connectivity index (χ4v) is 3.69. The molecular weight excluding hydrogens is 224 g/mol. The number of piperidine rings is 2. The Morgan fingerprint density at radius 1 is 1.22 bits per heavy atom. The fourth-order valence-electron chi connectivity index (χ4n) is 3.69. The average molecular weight is 254 g/mol. The standard InChI is InChI=1S/C15H30N2O/c1-4-16-13-10-14-6-5-7-15(11-13)17(14)8-9-18-12(2)3/h12-16H,4-11H2,1-3H3. The molecule has 3 heteroatoms. The second-order valence-corrected chi connectivity index (χ2v) is 6.12. The van der Waals surface area contributed by atoms with Crippen LogP contribution in [0.1, 0.15) is 52.9 Å². The molecule has 0 amide bonds. The van der Waals surface area contributed by atoms with Gasteiger partial charge in [-0.1, -0.05) is 13.3 Å². The third-order valence-corrected chi connectivity index (χ3v) is 4.42. The predicted molar refractivity (Wildman–Crippen MR) is 75.9 cm³/mol. The van der Waals surface area contributed by atoms with Gasteiger partial charge < -0.3 is 10.1 Å². The van der Waals surface area contributed by atoms with Crippen molar-refractivity contribution in [3.8, 4) is 0 Å². The fraction of sp³-hybridized carbons (Fsp3) is 1.00. The summed E-state index contributed by atoms with van der Waals surface area (Å²) in [6.07, 6.45) is 7.25. The topological polar surface area (TPSA) is 24.5 Å². The van der Waals surface area contributed by atoms with Crippen molar-refractivity contribution in [2.45, 2.75) is 77.1 Å². The van der Waals surface area contributed by atoms with Gasteiger partial charge in [0.05, 0.1) is 12.7 Å². The number of nitrogens with one attached hydrogen (secondary N) is 1. The van der Waals surface area contributed by atoms with E-state index in [4.69, 9.17) is 4.74 Å². The molecule has 0 saturated carbocycles. The Hall–Kier alpha value is -0.120. The minimum Gasteiger partial charge on any atom is -0.377 e. The first-order valence-corrected chi connectivity index (χ1v) is 7.81. The summed E-state index contributed by atoms with van der Waals surface area (Å²) in [5.74, 6) is 0. The molecule has 2 aliphatic heterocycles. The molecule has 2 atom stereocenters. The van der Waals surface area contributed by atoms with E-state index >= 15 is 0 Å². The molecule has 106 valence electrons. The Balaban J connectivity index is 1.83. The van der Waals surface area contributed by atoms with E-state index in [0.29, 0.717) is 6.10 Å². The molecule has 0 aromatic carbocycles. The second-order valence-electron chi connectivity index (χ2n) is 6.12. The smallest absolute Gasteiger partial charge is 0.0597 e. The summed E-state index contributed by atoms with van der Waals surface area (Å²) >= 11 is 0. The number of hydrogen-bond donors (Lipinski definition) is 1. The molecule has 2 saturated heterocycles. The second kappa shape index (κ2) is 6.88. The van der Waals surface area contributed by atoms with Crippen molar-refractivity contribution in [1.82, 2.24) is 10.2 Å². The van der Waals surface area contributed by atoms with Crippen LogP contribution >= 0.6 is 0 Å². The van der Waals surface area contributed by atoms with Crippen molar-refractivity contribution in [3.05, 3.63) is 0 Å². The van der Waals surface area contributed by atoms with E-state index in [1.807, 2.05) is 0 Å². The van der Waals surface area contributed by atoms with E-state index in [1.165, 1.54) is 32.1 Å². The maximum Gasteiger partial charge on any atom is 0.0597 e. The molecule has 0 radical (unpaired) electrons. The highest BCUT2D eigenvalue weighted by Crippen LogP contribution is 2.33. The van der Waals surface area contributed by atoms with Gasteiger partial charge in [0.15, 0.2) is 0 Å². The molecule has 2 bridgehead atoms. The molecule has 3 nitrogen and oxygen atoms in total. The molecule has 2 aliphatic rings. The molecular formula is C15H30N2O. The van der Waals surface area contributed by atoms with Gasteiger partial charge in [-0.25, -0.2) is 0 Å². The van der Waals surface area contributed by atoms with Gasteiger partial charge in [0.1, 0.15) is 0 Å². The third kappa shape index (κ3) is 3.69. The van der Waals surface area contributed by atoms with Gasteiger partial charge in [0.2, 0.25) is 0 Å². The van der Waals surface area contributed by atoms with Gasteiger partial charge in [0, 0.05) is 24.7 Å². The van der Waals surface area contributed by atoms with Crippen molar-refractivity contribution in [3.63, 3.8) is 0 Å². The van der Waals surface area contributed by atoms with Crippen LogP contribution in [-0.2, 0) is 4.74 Å². The summed E-state index contributed by atoms with van der Waals surface area (Å²) < 4.78 is 5.73. The van der Waals surface area contributed by atoms with Gasteiger partial charge in [-0.05, 0) is 46.1 Å². The number of ether oxygens (including phenoxy) is 1. The first kappa shape index (κ1) is 14.3. The largest absolute Gasteiger partial charge is 0.377 e. The van der Waals surface area contributed by atoms with Crippen molar-refractivity contribution < 1.29 is 4.74 Å². The van der Waals surface area contributed by atoms with Gasteiger partial charge in [-0.3, -0.25) is 4.90 Å². The van der Waals surface area contributed by atoms with E-state index in [2.05, 4.69) is 31.0 Å². The highest BCUT2D eigenvalue weighted by atomic mass is 16.5. The van der Waals surface area contributed by atoms with E-state index in [0.717, 1.165) is 37.8 Å². The minimum atomic E-state index is 0.365. The van der Waals surface area contributed by atoms with Gasteiger partial charge in [-0.15, -0.1) is 0 Å². The summed E-state index contributed by atoms with van der Waals surface area (Å²) in [6.45, 7) is 9.61. The number of hydrogen-bond acceptors (Lipinski definition) is 3. The third-order valence-electron chi connectivity index (χ3n) is 4.42. The first-order valence-electron chi connectivity index (χ1n) is 7.81. The molecule has 2 heterocycles. The summed E-state index contributed by atoms with van der Waals surface area (Å²) in [5.41, 5.74) is 0. The Bertz CT molecular complexity index is 231. The van der Waals surface area contributed by atoms with Gasteiger partial charge >= 0.3 is 0 Å². The van der Waals surface area contributed by atoms with Crippen molar-refractivity contribution in [2.24, 2.45) is 0 Å². The van der Waals surface area contributed by atoms with Gasteiger partial charge in [0.25, 0.3) is 0 Å². The van der Waals surface area contributed by atoms with Crippen LogP contribution in [-0.4, -0.2) is 48.8 Å². The summed E-state index contributed by atoms with van der Waals surface area (Å²) in [5, 5.41) is 3.65. The lowest BCUT2D eigenvalue weighted by Gasteiger charge is -2.49. The maximum atomic E-state index is 5.73. The lowest BCUT2D eigenvalue weighted by Crippen LogP contribution is -2.57. The number of rotatable bonds is 6. The molecule has 0 spiro atoms. The van der Waals surface area contributed by atoms with Gasteiger partial charge in [-0.2, -0.15) is 0 Å². The van der Waals surface area contributed by atoms with Crippen LogP contribution in [0.2, 0.25) is 0 Å². The average Bonchev–Trinajstić information content (AvgIpc) is 2.29. The van der Waals surface area contributed by atoms with Crippen molar-refractivity contribution >= 4 is 0 Å². The highest BCUT2D eigenvalue weighted by Gasteiger charge is 2.37. The summed E-state index contributed by atoms with van der Waals surface area (Å²) in [4.78, 5) is 2.74. The molecule has 2 unspecified atom stereocenters. The monoisotopic (exact) mass is 254 g/mol. The molecule has 0 aromatic rings. The summed E-state index contributed by atoms with van der Waals surface area (Å²) in [7, 11) is 0. The van der Waals surface area contributed by atoms with Crippen LogP contribution in [0.5, 0.6) is 0 Å². The zero-order valence-electron chi connectivity index (χ0n) is 12.3.